The van der Waals surface area contributed by atoms with Gasteiger partial charge in [0.15, 0.2) is 0 Å². The van der Waals surface area contributed by atoms with Crippen LogP contribution in [0.4, 0.5) is 0 Å². The minimum Gasteiger partial charge on any atom is -0.302 e. The topological polar surface area (TPSA) is 29.1 Å². The molecule has 124 valence electrons. The van der Waals surface area contributed by atoms with Crippen LogP contribution in [0.15, 0.2) is 48.5 Å². The number of Topliss-reactive ketones (excluding diaryl/α,β-unsaturated/α-hetero) is 1. The highest BCUT2D eigenvalue weighted by Gasteiger charge is 2.47. The van der Waals surface area contributed by atoms with Gasteiger partial charge in [0.1, 0.15) is 5.78 Å². The van der Waals surface area contributed by atoms with Gasteiger partial charge in [-0.3, -0.25) is 4.79 Å². The fourth-order valence-corrected chi connectivity index (χ4v) is 4.78. The van der Waals surface area contributed by atoms with E-state index in [4.69, 9.17) is 23.2 Å². The average Bonchev–Trinajstić information content (AvgIpc) is 2.57. The number of hydrogen-bond donors (Lipinski definition) is 1. The summed E-state index contributed by atoms with van der Waals surface area (Å²) in [4.78, 5) is 13.1. The molecule has 1 aliphatic carbocycles. The van der Waals surface area contributed by atoms with Gasteiger partial charge in [0.25, 0.3) is 0 Å². The minimum atomic E-state index is -0.0518. The Kier molecular flexibility index (Phi) is 4.38. The molecule has 2 aromatic carbocycles. The highest BCUT2D eigenvalue weighted by molar-refractivity contribution is 6.31. The number of fused-ring (bicyclic) bond motifs is 2. The summed E-state index contributed by atoms with van der Waals surface area (Å²) >= 11 is 12.9. The predicted octanol–water partition coefficient (Wildman–Crippen LogP) is 5.36. The van der Waals surface area contributed by atoms with E-state index in [0.717, 1.165) is 30.4 Å². The lowest BCUT2D eigenvalue weighted by Crippen LogP contribution is -2.50. The van der Waals surface area contributed by atoms with Crippen molar-refractivity contribution in [3.8, 4) is 0 Å². The van der Waals surface area contributed by atoms with Gasteiger partial charge in [-0.1, -0.05) is 66.0 Å². The summed E-state index contributed by atoms with van der Waals surface area (Å²) in [7, 11) is 0. The van der Waals surface area contributed by atoms with Crippen molar-refractivity contribution in [3.63, 3.8) is 0 Å². The van der Waals surface area contributed by atoms with Gasteiger partial charge < -0.3 is 5.32 Å². The van der Waals surface area contributed by atoms with Crippen molar-refractivity contribution in [2.75, 3.05) is 0 Å². The van der Waals surface area contributed by atoms with Crippen molar-refractivity contribution in [3.05, 3.63) is 69.7 Å². The summed E-state index contributed by atoms with van der Waals surface area (Å²) in [6.07, 6.45) is 2.92. The summed E-state index contributed by atoms with van der Waals surface area (Å²) in [5.41, 5.74) is 2.02. The first-order valence-electron chi connectivity index (χ1n) is 8.45. The van der Waals surface area contributed by atoms with Crippen LogP contribution in [0.25, 0.3) is 0 Å². The lowest BCUT2D eigenvalue weighted by molar-refractivity contribution is -0.135. The Hall–Kier alpha value is -1.35. The number of nitrogens with one attached hydrogen (secondary N) is 1. The van der Waals surface area contributed by atoms with E-state index in [1.807, 2.05) is 48.5 Å². The van der Waals surface area contributed by atoms with E-state index in [9.17, 15) is 4.79 Å². The number of ketones is 1. The van der Waals surface area contributed by atoms with Crippen LogP contribution in [0.1, 0.15) is 42.5 Å². The van der Waals surface area contributed by atoms with Crippen molar-refractivity contribution in [2.24, 2.45) is 11.8 Å². The number of carbonyl (C=O) groups is 1. The molecule has 0 radical (unpaired) electrons. The Bertz CT molecular complexity index is 714. The summed E-state index contributed by atoms with van der Waals surface area (Å²) in [5, 5.41) is 5.14. The maximum absolute atomic E-state index is 13.1. The third-order valence-electron chi connectivity index (χ3n) is 5.41. The number of piperidine rings is 1. The van der Waals surface area contributed by atoms with Crippen LogP contribution in [0, 0.1) is 11.8 Å². The molecule has 0 spiro atoms. The van der Waals surface area contributed by atoms with Crippen LogP contribution in [-0.4, -0.2) is 5.78 Å². The predicted molar refractivity (Wildman–Crippen MR) is 97.4 cm³/mol. The molecule has 4 rings (SSSR count). The highest BCUT2D eigenvalue weighted by atomic mass is 35.5. The Labute approximate surface area is 152 Å². The molecule has 1 saturated carbocycles. The van der Waals surface area contributed by atoms with E-state index < -0.39 is 0 Å². The fourth-order valence-electron chi connectivity index (χ4n) is 4.27. The standard InChI is InChI=1S/C20H19Cl2NO/c21-16-10-3-1-6-12(16)18-14-8-5-9-15(20(14)24)19(23-18)13-7-2-4-11-17(13)22/h1-4,6-7,10-11,14-15,18-19,23H,5,8-9H2/t14-,15-,18-,19-/m0/s1. The van der Waals surface area contributed by atoms with Crippen molar-refractivity contribution in [1.82, 2.24) is 5.32 Å². The van der Waals surface area contributed by atoms with Crippen LogP contribution in [0.2, 0.25) is 10.0 Å². The second-order valence-corrected chi connectivity index (χ2v) is 7.53. The summed E-state index contributed by atoms with van der Waals surface area (Å²) in [5.74, 6) is 0.361. The maximum Gasteiger partial charge on any atom is 0.142 e. The first-order valence-corrected chi connectivity index (χ1v) is 9.21. The van der Waals surface area contributed by atoms with E-state index in [-0.39, 0.29) is 23.9 Å². The molecular formula is C20H19Cl2NO. The molecule has 0 unspecified atom stereocenters. The number of benzene rings is 2. The largest absolute Gasteiger partial charge is 0.302 e. The Morgan fingerprint density at radius 3 is 1.71 bits per heavy atom. The van der Waals surface area contributed by atoms with Crippen molar-refractivity contribution < 1.29 is 4.79 Å². The lowest BCUT2D eigenvalue weighted by Gasteiger charge is -2.45. The molecule has 2 aromatic rings. The van der Waals surface area contributed by atoms with Crippen LogP contribution in [0.3, 0.4) is 0 Å². The van der Waals surface area contributed by atoms with Crippen LogP contribution in [-0.2, 0) is 4.79 Å². The molecule has 2 aliphatic rings. The maximum atomic E-state index is 13.1. The van der Waals surface area contributed by atoms with E-state index in [0.29, 0.717) is 15.8 Å². The van der Waals surface area contributed by atoms with E-state index >= 15 is 0 Å². The first-order chi connectivity index (χ1) is 11.7. The van der Waals surface area contributed by atoms with Gasteiger partial charge in [-0.2, -0.15) is 0 Å². The van der Waals surface area contributed by atoms with Crippen molar-refractivity contribution in [2.45, 2.75) is 31.3 Å². The zero-order valence-electron chi connectivity index (χ0n) is 13.2. The van der Waals surface area contributed by atoms with E-state index in [1.165, 1.54) is 0 Å². The molecule has 24 heavy (non-hydrogen) atoms. The van der Waals surface area contributed by atoms with Crippen LogP contribution >= 0.6 is 23.2 Å². The molecule has 0 aromatic heterocycles. The molecule has 4 heteroatoms. The molecule has 2 bridgehead atoms. The van der Waals surface area contributed by atoms with Gasteiger partial charge >= 0.3 is 0 Å². The fraction of sp³-hybridized carbons (Fsp3) is 0.350. The van der Waals surface area contributed by atoms with Gasteiger partial charge in [-0.05, 0) is 36.1 Å². The SMILES string of the molecule is O=C1[C@H]2CCC[C@H]1[C@H](c1ccccc1Cl)N[C@H]2c1ccccc1Cl. The molecule has 1 aliphatic heterocycles. The van der Waals surface area contributed by atoms with Gasteiger partial charge in [-0.15, -0.1) is 0 Å². The Morgan fingerprint density at radius 1 is 0.792 bits per heavy atom. The Morgan fingerprint density at radius 2 is 1.25 bits per heavy atom. The number of hydrogen-bond acceptors (Lipinski definition) is 2. The summed E-state index contributed by atoms with van der Waals surface area (Å²) in [6, 6.07) is 15.5. The van der Waals surface area contributed by atoms with E-state index in [2.05, 4.69) is 5.32 Å². The van der Waals surface area contributed by atoms with Gasteiger partial charge in [0.05, 0.1) is 0 Å². The normalized spacial score (nSPS) is 29.5. The van der Waals surface area contributed by atoms with Gasteiger partial charge in [-0.25, -0.2) is 0 Å². The quantitative estimate of drug-likeness (QED) is 0.781. The van der Waals surface area contributed by atoms with Crippen LogP contribution in [0.5, 0.6) is 0 Å². The monoisotopic (exact) mass is 359 g/mol. The summed E-state index contributed by atoms with van der Waals surface area (Å²) < 4.78 is 0. The van der Waals surface area contributed by atoms with Crippen molar-refractivity contribution >= 4 is 29.0 Å². The molecule has 2 fully saturated rings. The first kappa shape index (κ1) is 16.1. The number of carbonyl (C=O) groups excluding carboxylic acids is 1. The molecule has 1 saturated heterocycles. The lowest BCUT2D eigenvalue weighted by atomic mass is 9.67. The van der Waals surface area contributed by atoms with Crippen molar-refractivity contribution in [1.29, 1.82) is 0 Å². The average molecular weight is 360 g/mol. The second kappa shape index (κ2) is 6.51. The Balaban J connectivity index is 1.78. The molecular weight excluding hydrogens is 341 g/mol. The number of halogens is 2. The zero-order valence-corrected chi connectivity index (χ0v) is 14.7. The van der Waals surface area contributed by atoms with E-state index in [1.54, 1.807) is 0 Å². The molecule has 1 N–H and O–H groups in total. The minimum absolute atomic E-state index is 0.00221. The molecule has 0 amide bonds. The third-order valence-corrected chi connectivity index (χ3v) is 6.09. The second-order valence-electron chi connectivity index (χ2n) is 6.71. The molecule has 4 atom stereocenters. The summed E-state index contributed by atoms with van der Waals surface area (Å²) in [6.45, 7) is 0. The zero-order chi connectivity index (χ0) is 16.7. The number of rotatable bonds is 2. The smallest absolute Gasteiger partial charge is 0.142 e. The molecule has 2 nitrogen and oxygen atoms in total. The van der Waals surface area contributed by atoms with Gasteiger partial charge in [0, 0.05) is 34.0 Å². The van der Waals surface area contributed by atoms with Crippen LogP contribution < -0.4 is 5.32 Å². The third kappa shape index (κ3) is 2.67. The van der Waals surface area contributed by atoms with Gasteiger partial charge in [0.2, 0.25) is 0 Å². The highest BCUT2D eigenvalue weighted by Crippen LogP contribution is 2.47. The molecule has 1 heterocycles.